The average molecular weight is 481 g/mol. The fraction of sp³-hybridized carbons (Fsp3) is 0.263. The number of hydrogen-bond donors (Lipinski definition) is 2. The predicted octanol–water partition coefficient (Wildman–Crippen LogP) is 4.02. The molecule has 26 heavy (non-hydrogen) atoms. The Morgan fingerprint density at radius 1 is 1.27 bits per heavy atom. The zero-order valence-electron chi connectivity index (χ0n) is 14.9. The third kappa shape index (κ3) is 5.31. The van der Waals surface area contributed by atoms with Gasteiger partial charge in [0, 0.05) is 32.5 Å². The van der Waals surface area contributed by atoms with Gasteiger partial charge in [0.2, 0.25) is 0 Å². The maximum atomic E-state index is 4.33. The third-order valence-corrected chi connectivity index (χ3v) is 4.83. The molecule has 1 aromatic carbocycles. The van der Waals surface area contributed by atoms with Crippen LogP contribution in [0.4, 0.5) is 0 Å². The fourth-order valence-electron chi connectivity index (χ4n) is 2.64. The summed E-state index contributed by atoms with van der Waals surface area (Å²) in [6.07, 6.45) is 5.55. The molecule has 5 nitrogen and oxygen atoms in total. The molecule has 0 aliphatic rings. The molecule has 3 rings (SSSR count). The molecule has 2 heterocycles. The number of para-hydroxylation sites is 1. The lowest BCUT2D eigenvalue weighted by Gasteiger charge is -2.17. The van der Waals surface area contributed by atoms with Crippen molar-refractivity contribution in [1.29, 1.82) is 0 Å². The molecule has 0 radical (unpaired) electrons. The molecule has 0 aliphatic carbocycles. The molecule has 1 unspecified atom stereocenters. The first-order valence-corrected chi connectivity index (χ1v) is 9.25. The lowest BCUT2D eigenvalue weighted by Crippen LogP contribution is -2.38. The summed E-state index contributed by atoms with van der Waals surface area (Å²) >= 11 is 1.73. The van der Waals surface area contributed by atoms with Gasteiger partial charge >= 0.3 is 0 Å². The molecule has 0 bridgehead atoms. The molecule has 0 fully saturated rings. The van der Waals surface area contributed by atoms with E-state index in [9.17, 15) is 0 Å². The van der Waals surface area contributed by atoms with E-state index in [1.807, 2.05) is 29.2 Å². The summed E-state index contributed by atoms with van der Waals surface area (Å²) in [5.74, 6) is 1.26. The van der Waals surface area contributed by atoms with Crippen molar-refractivity contribution in [2.24, 2.45) is 4.99 Å². The Morgan fingerprint density at radius 2 is 2.12 bits per heavy atom. The molecule has 138 valence electrons. The lowest BCUT2D eigenvalue weighted by molar-refractivity contribution is 0.700. The molecule has 0 saturated carbocycles. The quantitative estimate of drug-likeness (QED) is 0.318. The number of imidazole rings is 1. The Hall–Kier alpha value is -1.87. The van der Waals surface area contributed by atoms with Gasteiger partial charge in [-0.1, -0.05) is 25.1 Å². The van der Waals surface area contributed by atoms with Gasteiger partial charge in [0.25, 0.3) is 0 Å². The highest BCUT2D eigenvalue weighted by Crippen LogP contribution is 2.17. The topological polar surface area (TPSA) is 54.2 Å². The number of hydrogen-bond acceptors (Lipinski definition) is 3. The van der Waals surface area contributed by atoms with Crippen LogP contribution in [0.15, 0.2) is 64.8 Å². The van der Waals surface area contributed by atoms with Crippen LogP contribution in [0.3, 0.4) is 0 Å². The van der Waals surface area contributed by atoms with Crippen LogP contribution in [-0.2, 0) is 6.54 Å². The average Bonchev–Trinajstić information content (AvgIpc) is 3.35. The Bertz CT molecular complexity index is 799. The molecule has 0 saturated heterocycles. The summed E-state index contributed by atoms with van der Waals surface area (Å²) in [6, 6.07) is 10.5. The largest absolute Gasteiger partial charge is 0.356 e. The zero-order chi connectivity index (χ0) is 17.5. The minimum atomic E-state index is 0. The number of halogens is 1. The molecule has 1 atom stereocenters. The second-order valence-corrected chi connectivity index (χ2v) is 6.64. The highest BCUT2D eigenvalue weighted by molar-refractivity contribution is 14.0. The summed E-state index contributed by atoms with van der Waals surface area (Å²) in [5.41, 5.74) is 3.67. The van der Waals surface area contributed by atoms with Crippen LogP contribution in [-0.4, -0.2) is 29.1 Å². The summed E-state index contributed by atoms with van der Waals surface area (Å²) in [4.78, 5) is 8.46. The molecule has 2 aromatic heterocycles. The number of benzene rings is 1. The highest BCUT2D eigenvalue weighted by Gasteiger charge is 2.08. The van der Waals surface area contributed by atoms with Crippen molar-refractivity contribution in [3.05, 3.63) is 70.9 Å². The molecule has 0 spiro atoms. The Labute approximate surface area is 175 Å². The lowest BCUT2D eigenvalue weighted by atomic mass is 10.1. The van der Waals surface area contributed by atoms with Crippen molar-refractivity contribution in [2.45, 2.75) is 19.4 Å². The van der Waals surface area contributed by atoms with Crippen molar-refractivity contribution >= 4 is 41.3 Å². The molecule has 3 aromatic rings. The van der Waals surface area contributed by atoms with E-state index in [2.05, 4.69) is 56.5 Å². The van der Waals surface area contributed by atoms with Crippen LogP contribution in [0.25, 0.3) is 5.69 Å². The third-order valence-electron chi connectivity index (χ3n) is 4.13. The summed E-state index contributed by atoms with van der Waals surface area (Å²) in [7, 11) is 1.80. The first-order chi connectivity index (χ1) is 12.3. The van der Waals surface area contributed by atoms with Crippen molar-refractivity contribution in [3.8, 4) is 5.69 Å². The monoisotopic (exact) mass is 481 g/mol. The van der Waals surface area contributed by atoms with Gasteiger partial charge in [-0.25, -0.2) is 4.98 Å². The first kappa shape index (κ1) is 20.4. The maximum absolute atomic E-state index is 4.33. The standard InChI is InChI=1S/C19H23N5S.HI/c1-15(17-7-10-25-13-17)11-22-19(20-2)23-12-16-5-3-4-6-18(16)24-9-8-21-14-24;/h3-10,13-15H,11-12H2,1-2H3,(H2,20,22,23);1H. The van der Waals surface area contributed by atoms with E-state index >= 15 is 0 Å². The van der Waals surface area contributed by atoms with Crippen LogP contribution in [0.1, 0.15) is 24.0 Å². The van der Waals surface area contributed by atoms with Crippen molar-refractivity contribution in [3.63, 3.8) is 0 Å². The number of guanidine groups is 1. The van der Waals surface area contributed by atoms with Gasteiger partial charge in [-0.15, -0.1) is 24.0 Å². The number of rotatable bonds is 6. The number of aromatic nitrogens is 2. The highest BCUT2D eigenvalue weighted by atomic mass is 127. The smallest absolute Gasteiger partial charge is 0.191 e. The Balaban J connectivity index is 0.00000243. The van der Waals surface area contributed by atoms with Crippen LogP contribution >= 0.6 is 35.3 Å². The van der Waals surface area contributed by atoms with Crippen LogP contribution in [0.5, 0.6) is 0 Å². The predicted molar refractivity (Wildman–Crippen MR) is 120 cm³/mol. The van der Waals surface area contributed by atoms with Gasteiger partial charge in [0.15, 0.2) is 5.96 Å². The SMILES string of the molecule is CN=C(NCc1ccccc1-n1ccnc1)NCC(C)c1ccsc1.I. The normalized spacial score (nSPS) is 12.3. The summed E-state index contributed by atoms with van der Waals surface area (Å²) in [5, 5.41) is 11.1. The maximum Gasteiger partial charge on any atom is 0.191 e. The van der Waals surface area contributed by atoms with Gasteiger partial charge in [-0.2, -0.15) is 11.3 Å². The van der Waals surface area contributed by atoms with E-state index in [0.717, 1.165) is 18.2 Å². The molecule has 0 amide bonds. The molecule has 7 heteroatoms. The fourth-order valence-corrected chi connectivity index (χ4v) is 3.42. The van der Waals surface area contributed by atoms with E-state index in [-0.39, 0.29) is 24.0 Å². The molecular weight excluding hydrogens is 457 g/mol. The first-order valence-electron chi connectivity index (χ1n) is 8.30. The van der Waals surface area contributed by atoms with Crippen LogP contribution in [0, 0.1) is 0 Å². The van der Waals surface area contributed by atoms with Crippen LogP contribution < -0.4 is 10.6 Å². The van der Waals surface area contributed by atoms with E-state index in [1.165, 1.54) is 11.1 Å². The number of nitrogens with one attached hydrogen (secondary N) is 2. The minimum absolute atomic E-state index is 0. The molecule has 2 N–H and O–H groups in total. The van der Waals surface area contributed by atoms with Gasteiger partial charge in [-0.05, 0) is 39.9 Å². The zero-order valence-corrected chi connectivity index (χ0v) is 18.1. The van der Waals surface area contributed by atoms with Crippen molar-refractivity contribution < 1.29 is 0 Å². The number of thiophene rings is 1. The van der Waals surface area contributed by atoms with Crippen molar-refractivity contribution in [1.82, 2.24) is 20.2 Å². The van der Waals surface area contributed by atoms with E-state index in [1.54, 1.807) is 24.6 Å². The van der Waals surface area contributed by atoms with Gasteiger partial charge in [0.1, 0.15) is 0 Å². The van der Waals surface area contributed by atoms with E-state index in [0.29, 0.717) is 12.5 Å². The molecular formula is C19H24IN5S. The second-order valence-electron chi connectivity index (χ2n) is 5.86. The van der Waals surface area contributed by atoms with Crippen LogP contribution in [0.2, 0.25) is 0 Å². The van der Waals surface area contributed by atoms with E-state index in [4.69, 9.17) is 0 Å². The van der Waals surface area contributed by atoms with E-state index < -0.39 is 0 Å². The second kappa shape index (κ2) is 10.3. The Morgan fingerprint density at radius 3 is 2.81 bits per heavy atom. The van der Waals surface area contributed by atoms with Crippen molar-refractivity contribution in [2.75, 3.05) is 13.6 Å². The number of nitrogens with zero attached hydrogens (tertiary/aromatic N) is 3. The number of aliphatic imine (C=N–C) groups is 1. The van der Waals surface area contributed by atoms with Gasteiger partial charge in [-0.3, -0.25) is 4.99 Å². The Kier molecular flexibility index (Phi) is 8.11. The summed E-state index contributed by atoms with van der Waals surface area (Å²) in [6.45, 7) is 3.76. The van der Waals surface area contributed by atoms with Gasteiger partial charge in [0.05, 0.1) is 12.0 Å². The minimum Gasteiger partial charge on any atom is -0.356 e. The summed E-state index contributed by atoms with van der Waals surface area (Å²) < 4.78 is 2.02. The van der Waals surface area contributed by atoms with Gasteiger partial charge < -0.3 is 15.2 Å². The molecule has 0 aliphatic heterocycles.